The molecule has 1 heterocycles. The van der Waals surface area contributed by atoms with E-state index < -0.39 is 0 Å². The normalized spacial score (nSPS) is 16.9. The number of hydrogen-bond acceptors (Lipinski definition) is 2. The third kappa shape index (κ3) is 4.23. The summed E-state index contributed by atoms with van der Waals surface area (Å²) in [5.74, 6) is 0. The van der Waals surface area contributed by atoms with Gasteiger partial charge in [-0.15, -0.1) is 0 Å². The average molecular weight is 275 g/mol. The summed E-state index contributed by atoms with van der Waals surface area (Å²) < 4.78 is 0. The largest absolute Gasteiger partial charge is 0.335 e. The first-order valence-electron chi connectivity index (χ1n) is 7.47. The molecule has 4 nitrogen and oxygen atoms in total. The smallest absolute Gasteiger partial charge is 0.317 e. The Balaban J connectivity index is 1.74. The maximum atomic E-state index is 11.8. The van der Waals surface area contributed by atoms with Crippen LogP contribution in [0.25, 0.3) is 0 Å². The molecule has 0 atom stereocenters. The van der Waals surface area contributed by atoms with Crippen LogP contribution in [0.5, 0.6) is 0 Å². The summed E-state index contributed by atoms with van der Waals surface area (Å²) in [6, 6.07) is 10.9. The summed E-state index contributed by atoms with van der Waals surface area (Å²) in [7, 11) is 1.83. The Bertz CT molecular complexity index is 413. The van der Waals surface area contributed by atoms with Crippen LogP contribution in [-0.2, 0) is 6.54 Å². The van der Waals surface area contributed by atoms with Crippen molar-refractivity contribution < 1.29 is 4.79 Å². The Morgan fingerprint density at radius 1 is 1.30 bits per heavy atom. The molecule has 1 aromatic carbocycles. The minimum absolute atomic E-state index is 0.0500. The fraction of sp³-hybridized carbons (Fsp3) is 0.562. The van der Waals surface area contributed by atoms with Crippen LogP contribution in [0.3, 0.4) is 0 Å². The zero-order valence-electron chi connectivity index (χ0n) is 12.5. The van der Waals surface area contributed by atoms with Gasteiger partial charge in [-0.05, 0) is 25.3 Å². The number of amides is 2. The number of likely N-dealkylation sites (tertiary alicyclic amines) is 1. The van der Waals surface area contributed by atoms with E-state index in [1.165, 1.54) is 5.56 Å². The molecule has 0 bridgehead atoms. The third-order valence-electron chi connectivity index (χ3n) is 3.99. The highest BCUT2D eigenvalue weighted by molar-refractivity contribution is 5.74. The van der Waals surface area contributed by atoms with Gasteiger partial charge in [0.05, 0.1) is 0 Å². The van der Waals surface area contributed by atoms with E-state index in [0.29, 0.717) is 6.04 Å². The molecule has 20 heavy (non-hydrogen) atoms. The second-order valence-electron chi connectivity index (χ2n) is 5.50. The minimum atomic E-state index is 0.0500. The van der Waals surface area contributed by atoms with Crippen molar-refractivity contribution in [3.8, 4) is 0 Å². The van der Waals surface area contributed by atoms with E-state index in [1.807, 2.05) is 14.0 Å². The van der Waals surface area contributed by atoms with E-state index >= 15 is 0 Å². The van der Waals surface area contributed by atoms with E-state index in [0.717, 1.165) is 39.0 Å². The Morgan fingerprint density at radius 2 is 1.95 bits per heavy atom. The van der Waals surface area contributed by atoms with Crippen molar-refractivity contribution in [2.45, 2.75) is 32.4 Å². The van der Waals surface area contributed by atoms with E-state index in [1.54, 1.807) is 4.90 Å². The molecule has 1 fully saturated rings. The molecule has 0 aromatic heterocycles. The lowest BCUT2D eigenvalue weighted by molar-refractivity contribution is 0.175. The molecule has 1 aliphatic heterocycles. The van der Waals surface area contributed by atoms with Crippen molar-refractivity contribution in [2.75, 3.05) is 26.7 Å². The highest BCUT2D eigenvalue weighted by atomic mass is 16.2. The van der Waals surface area contributed by atoms with Crippen molar-refractivity contribution in [3.05, 3.63) is 35.9 Å². The first-order chi connectivity index (χ1) is 9.69. The molecular formula is C16H25N3O. The summed E-state index contributed by atoms with van der Waals surface area (Å²) in [6.07, 6.45) is 2.08. The van der Waals surface area contributed by atoms with Gasteiger partial charge in [0, 0.05) is 39.3 Å². The SMILES string of the molecule is CCN(C)C(=O)NC1CCN(Cc2ccccc2)CC1. The Morgan fingerprint density at radius 3 is 2.55 bits per heavy atom. The number of carbonyl (C=O) groups is 1. The molecule has 0 spiro atoms. The molecule has 2 rings (SSSR count). The molecule has 1 saturated heterocycles. The predicted octanol–water partition coefficient (Wildman–Crippen LogP) is 2.31. The Kier molecular flexibility index (Phi) is 5.41. The quantitative estimate of drug-likeness (QED) is 0.915. The number of rotatable bonds is 4. The lowest BCUT2D eigenvalue weighted by Crippen LogP contribution is -2.48. The number of piperidine rings is 1. The van der Waals surface area contributed by atoms with Crippen LogP contribution >= 0.6 is 0 Å². The molecule has 0 saturated carbocycles. The van der Waals surface area contributed by atoms with Crippen LogP contribution < -0.4 is 5.32 Å². The van der Waals surface area contributed by atoms with Gasteiger partial charge in [0.2, 0.25) is 0 Å². The van der Waals surface area contributed by atoms with Crippen LogP contribution in [0.15, 0.2) is 30.3 Å². The predicted molar refractivity (Wildman–Crippen MR) is 81.6 cm³/mol. The first kappa shape index (κ1) is 14.9. The second kappa shape index (κ2) is 7.29. The van der Waals surface area contributed by atoms with Crippen LogP contribution in [0.1, 0.15) is 25.3 Å². The maximum Gasteiger partial charge on any atom is 0.317 e. The molecule has 0 aliphatic carbocycles. The monoisotopic (exact) mass is 275 g/mol. The van der Waals surface area contributed by atoms with E-state index in [9.17, 15) is 4.79 Å². The fourth-order valence-corrected chi connectivity index (χ4v) is 2.51. The molecule has 1 aliphatic rings. The zero-order chi connectivity index (χ0) is 14.4. The van der Waals surface area contributed by atoms with Crippen molar-refractivity contribution >= 4 is 6.03 Å². The summed E-state index contributed by atoms with van der Waals surface area (Å²) in [5.41, 5.74) is 1.36. The van der Waals surface area contributed by atoms with Gasteiger partial charge in [-0.25, -0.2) is 4.79 Å². The van der Waals surface area contributed by atoms with Gasteiger partial charge in [-0.2, -0.15) is 0 Å². The Hall–Kier alpha value is -1.55. The van der Waals surface area contributed by atoms with E-state index in [4.69, 9.17) is 0 Å². The molecule has 0 unspecified atom stereocenters. The molecule has 4 heteroatoms. The number of nitrogens with zero attached hydrogens (tertiary/aromatic N) is 2. The molecule has 1 aromatic rings. The van der Waals surface area contributed by atoms with Gasteiger partial charge in [0.15, 0.2) is 0 Å². The van der Waals surface area contributed by atoms with Crippen molar-refractivity contribution in [3.63, 3.8) is 0 Å². The number of urea groups is 1. The topological polar surface area (TPSA) is 35.6 Å². The van der Waals surface area contributed by atoms with Gasteiger partial charge in [-0.3, -0.25) is 4.90 Å². The fourth-order valence-electron chi connectivity index (χ4n) is 2.51. The second-order valence-corrected chi connectivity index (χ2v) is 5.50. The molecule has 110 valence electrons. The van der Waals surface area contributed by atoms with Crippen molar-refractivity contribution in [1.29, 1.82) is 0 Å². The molecule has 0 radical (unpaired) electrons. The average Bonchev–Trinajstić information content (AvgIpc) is 2.49. The summed E-state index contributed by atoms with van der Waals surface area (Å²) >= 11 is 0. The van der Waals surface area contributed by atoms with Gasteiger partial charge in [0.25, 0.3) is 0 Å². The van der Waals surface area contributed by atoms with Crippen LogP contribution in [0.2, 0.25) is 0 Å². The number of nitrogens with one attached hydrogen (secondary N) is 1. The van der Waals surface area contributed by atoms with Crippen molar-refractivity contribution in [2.24, 2.45) is 0 Å². The molecular weight excluding hydrogens is 250 g/mol. The summed E-state index contributed by atoms with van der Waals surface area (Å²) in [5, 5.41) is 3.11. The maximum absolute atomic E-state index is 11.8. The van der Waals surface area contributed by atoms with Gasteiger partial charge < -0.3 is 10.2 Å². The van der Waals surface area contributed by atoms with Crippen LogP contribution in [0, 0.1) is 0 Å². The molecule has 2 amide bonds. The van der Waals surface area contributed by atoms with Crippen LogP contribution in [-0.4, -0.2) is 48.6 Å². The Labute approximate surface area is 121 Å². The van der Waals surface area contributed by atoms with Gasteiger partial charge in [-0.1, -0.05) is 30.3 Å². The number of hydrogen-bond donors (Lipinski definition) is 1. The first-order valence-corrected chi connectivity index (χ1v) is 7.47. The van der Waals surface area contributed by atoms with E-state index in [-0.39, 0.29) is 6.03 Å². The van der Waals surface area contributed by atoms with Gasteiger partial charge in [0.1, 0.15) is 0 Å². The summed E-state index contributed by atoms with van der Waals surface area (Å²) in [6.45, 7) is 5.85. The highest BCUT2D eigenvalue weighted by Gasteiger charge is 2.21. The lowest BCUT2D eigenvalue weighted by atomic mass is 10.0. The standard InChI is InChI=1S/C16H25N3O/c1-3-18(2)16(20)17-15-9-11-19(12-10-15)13-14-7-5-4-6-8-14/h4-8,15H,3,9-13H2,1-2H3,(H,17,20). The van der Waals surface area contributed by atoms with Gasteiger partial charge >= 0.3 is 6.03 Å². The lowest BCUT2D eigenvalue weighted by Gasteiger charge is -2.33. The minimum Gasteiger partial charge on any atom is -0.335 e. The number of benzene rings is 1. The summed E-state index contributed by atoms with van der Waals surface area (Å²) in [4.78, 5) is 16.0. The van der Waals surface area contributed by atoms with E-state index in [2.05, 4.69) is 40.5 Å². The van der Waals surface area contributed by atoms with Crippen molar-refractivity contribution in [1.82, 2.24) is 15.1 Å². The molecule has 1 N–H and O–H groups in total. The van der Waals surface area contributed by atoms with Crippen LogP contribution in [0.4, 0.5) is 4.79 Å². The highest BCUT2D eigenvalue weighted by Crippen LogP contribution is 2.14. The third-order valence-corrected chi connectivity index (χ3v) is 3.99. The number of carbonyl (C=O) groups excluding carboxylic acids is 1. The zero-order valence-corrected chi connectivity index (χ0v) is 12.5.